The first-order valence-electron chi connectivity index (χ1n) is 13.4. The molecule has 2 bridgehead atoms. The van der Waals surface area contributed by atoms with Crippen LogP contribution in [0.25, 0.3) is 0 Å². The largest absolute Gasteiger partial charge is 0.455 e. The molecule has 190 valence electrons. The highest BCUT2D eigenvalue weighted by molar-refractivity contribution is 6.31. The van der Waals surface area contributed by atoms with E-state index in [0.717, 1.165) is 11.6 Å². The molecule has 4 aromatic rings. The summed E-state index contributed by atoms with van der Waals surface area (Å²) in [5.74, 6) is 3.53. The maximum atomic E-state index is 13.5. The Morgan fingerprint density at radius 2 is 1.63 bits per heavy atom. The quantitative estimate of drug-likeness (QED) is 0.277. The summed E-state index contributed by atoms with van der Waals surface area (Å²) in [6.45, 7) is 0. The van der Waals surface area contributed by atoms with Gasteiger partial charge in [-0.05, 0) is 103 Å². The predicted molar refractivity (Wildman–Crippen MR) is 152 cm³/mol. The van der Waals surface area contributed by atoms with Gasteiger partial charge >= 0.3 is 0 Å². The van der Waals surface area contributed by atoms with Crippen molar-refractivity contribution in [3.8, 4) is 11.5 Å². The Bertz CT molecular complexity index is 1490. The fraction of sp³-hybridized carbons (Fsp3) is 0.242. The van der Waals surface area contributed by atoms with Gasteiger partial charge in [-0.3, -0.25) is 4.79 Å². The van der Waals surface area contributed by atoms with Crippen LogP contribution in [0.2, 0.25) is 5.02 Å². The molecule has 2 fully saturated rings. The molecule has 5 atom stereocenters. The van der Waals surface area contributed by atoms with Gasteiger partial charge in [-0.25, -0.2) is 0 Å². The minimum Gasteiger partial charge on any atom is -0.455 e. The number of ether oxygens (including phenoxy) is 1. The summed E-state index contributed by atoms with van der Waals surface area (Å²) in [6, 6.07) is 32.1. The van der Waals surface area contributed by atoms with E-state index in [4.69, 9.17) is 16.3 Å². The lowest BCUT2D eigenvalue weighted by molar-refractivity contribution is 0.102. The molecule has 0 aromatic heterocycles. The lowest BCUT2D eigenvalue weighted by atomic mass is 9.68. The first-order valence-corrected chi connectivity index (χ1v) is 13.8. The monoisotopic (exact) mass is 520 g/mol. The van der Waals surface area contributed by atoms with Crippen LogP contribution in [0, 0.1) is 17.8 Å². The molecule has 2 aliphatic carbocycles. The third kappa shape index (κ3) is 4.13. The third-order valence-corrected chi connectivity index (χ3v) is 8.90. The maximum Gasteiger partial charge on any atom is 0.255 e. The molecule has 4 nitrogen and oxygen atoms in total. The van der Waals surface area contributed by atoms with Crippen molar-refractivity contribution in [3.63, 3.8) is 0 Å². The van der Waals surface area contributed by atoms with Gasteiger partial charge in [0.1, 0.15) is 5.75 Å². The van der Waals surface area contributed by atoms with Crippen molar-refractivity contribution in [2.45, 2.75) is 31.2 Å². The lowest BCUT2D eigenvalue weighted by Gasteiger charge is -2.43. The molecule has 2 saturated carbocycles. The van der Waals surface area contributed by atoms with Gasteiger partial charge < -0.3 is 15.4 Å². The highest BCUT2D eigenvalue weighted by Gasteiger charge is 2.53. The van der Waals surface area contributed by atoms with E-state index < -0.39 is 0 Å². The van der Waals surface area contributed by atoms with E-state index in [1.165, 1.54) is 30.4 Å². The fourth-order valence-electron chi connectivity index (χ4n) is 7.12. The molecule has 1 amide bonds. The molecule has 5 heteroatoms. The fourth-order valence-corrected chi connectivity index (χ4v) is 7.29. The number of para-hydroxylation sites is 1. The van der Waals surface area contributed by atoms with Crippen LogP contribution in [0.1, 0.15) is 52.7 Å². The van der Waals surface area contributed by atoms with Gasteiger partial charge in [-0.1, -0.05) is 60.1 Å². The topological polar surface area (TPSA) is 50.4 Å². The molecule has 0 spiro atoms. The summed E-state index contributed by atoms with van der Waals surface area (Å²) in [7, 11) is 0. The second kappa shape index (κ2) is 9.52. The van der Waals surface area contributed by atoms with Crippen LogP contribution in [0.15, 0.2) is 97.1 Å². The van der Waals surface area contributed by atoms with E-state index in [0.29, 0.717) is 51.6 Å². The summed E-state index contributed by atoms with van der Waals surface area (Å²) in [6.07, 6.45) is 3.89. The molecular weight excluding hydrogens is 492 g/mol. The Labute approximate surface area is 228 Å². The summed E-state index contributed by atoms with van der Waals surface area (Å²) in [5, 5.41) is 7.45. The van der Waals surface area contributed by atoms with Gasteiger partial charge in [0.05, 0.1) is 11.7 Å². The molecule has 4 aromatic carbocycles. The van der Waals surface area contributed by atoms with Crippen LogP contribution < -0.4 is 15.4 Å². The molecule has 1 heterocycles. The summed E-state index contributed by atoms with van der Waals surface area (Å²) >= 11 is 6.29. The van der Waals surface area contributed by atoms with Gasteiger partial charge in [0.2, 0.25) is 0 Å². The van der Waals surface area contributed by atoms with Gasteiger partial charge in [0.25, 0.3) is 5.91 Å². The smallest absolute Gasteiger partial charge is 0.255 e. The minimum atomic E-state index is -0.169. The summed E-state index contributed by atoms with van der Waals surface area (Å²) in [5.41, 5.74) is 4.99. The lowest BCUT2D eigenvalue weighted by Crippen LogP contribution is -2.35. The van der Waals surface area contributed by atoms with Crippen molar-refractivity contribution >= 4 is 28.9 Å². The van der Waals surface area contributed by atoms with Crippen molar-refractivity contribution < 1.29 is 9.53 Å². The van der Waals surface area contributed by atoms with Gasteiger partial charge in [0, 0.05) is 16.3 Å². The summed E-state index contributed by atoms with van der Waals surface area (Å²) in [4.78, 5) is 13.5. The first-order chi connectivity index (χ1) is 18.6. The van der Waals surface area contributed by atoms with E-state index in [9.17, 15) is 4.79 Å². The Balaban J connectivity index is 1.19. The molecule has 2 N–H and O–H groups in total. The van der Waals surface area contributed by atoms with E-state index in [1.807, 2.05) is 36.4 Å². The molecule has 0 radical (unpaired) electrons. The standard InChI is InChI=1S/C33H29ClN2O2/c34-24-14-16-29(38-25-9-5-2-6-10-25)28(19-24)36-33(37)23-13-15-27-26(18-23)30-21-11-12-22(17-21)31(30)32(35-27)20-7-3-1-4-8-20/h1-10,13-16,18-19,21-22,30-32,35H,11-12,17H2,(H,36,37)/t21-,22-,30-,31+,32+/m0/s1. The maximum absolute atomic E-state index is 13.5. The zero-order chi connectivity index (χ0) is 25.6. The van der Waals surface area contributed by atoms with Crippen LogP contribution in [-0.4, -0.2) is 5.91 Å². The number of benzene rings is 4. The highest BCUT2D eigenvalue weighted by Crippen LogP contribution is 2.63. The van der Waals surface area contributed by atoms with Crippen LogP contribution in [0.4, 0.5) is 11.4 Å². The average Bonchev–Trinajstić information content (AvgIpc) is 3.58. The van der Waals surface area contributed by atoms with Gasteiger partial charge in [-0.15, -0.1) is 0 Å². The van der Waals surface area contributed by atoms with Crippen LogP contribution in [0.5, 0.6) is 11.5 Å². The molecular formula is C33H29ClN2O2. The van der Waals surface area contributed by atoms with Gasteiger partial charge in [-0.2, -0.15) is 0 Å². The number of rotatable bonds is 5. The third-order valence-electron chi connectivity index (χ3n) is 8.67. The van der Waals surface area contributed by atoms with Crippen molar-refractivity contribution in [1.29, 1.82) is 0 Å². The number of hydrogen-bond donors (Lipinski definition) is 2. The molecule has 7 rings (SSSR count). The van der Waals surface area contributed by atoms with E-state index >= 15 is 0 Å². The Morgan fingerprint density at radius 3 is 2.45 bits per heavy atom. The SMILES string of the molecule is O=C(Nc1cc(Cl)ccc1Oc1ccccc1)c1ccc2c(c1)[C@@H]1[C@H]3CC[C@@H](C3)[C@H]1[C@@H](c1ccccc1)N2. The second-order valence-corrected chi connectivity index (χ2v) is 11.2. The zero-order valence-corrected chi connectivity index (χ0v) is 21.7. The average molecular weight is 521 g/mol. The minimum absolute atomic E-state index is 0.169. The summed E-state index contributed by atoms with van der Waals surface area (Å²) < 4.78 is 6.05. The second-order valence-electron chi connectivity index (χ2n) is 10.8. The molecule has 3 aliphatic rings. The van der Waals surface area contributed by atoms with Crippen LogP contribution >= 0.6 is 11.6 Å². The van der Waals surface area contributed by atoms with E-state index in [1.54, 1.807) is 18.2 Å². The Kier molecular flexibility index (Phi) is 5.85. The predicted octanol–water partition coefficient (Wildman–Crippen LogP) is 8.68. The highest BCUT2D eigenvalue weighted by atomic mass is 35.5. The number of anilines is 2. The number of nitrogens with one attached hydrogen (secondary N) is 2. The van der Waals surface area contributed by atoms with Crippen molar-refractivity contribution in [2.24, 2.45) is 17.8 Å². The van der Waals surface area contributed by atoms with Crippen molar-refractivity contribution in [1.82, 2.24) is 0 Å². The van der Waals surface area contributed by atoms with Crippen molar-refractivity contribution in [2.75, 3.05) is 10.6 Å². The zero-order valence-electron chi connectivity index (χ0n) is 20.9. The number of carbonyl (C=O) groups excluding carboxylic acids is 1. The number of hydrogen-bond acceptors (Lipinski definition) is 3. The van der Waals surface area contributed by atoms with Gasteiger partial charge in [0.15, 0.2) is 5.75 Å². The molecule has 0 saturated heterocycles. The van der Waals surface area contributed by atoms with Crippen LogP contribution in [-0.2, 0) is 0 Å². The molecule has 0 unspecified atom stereocenters. The number of halogens is 1. The molecule has 38 heavy (non-hydrogen) atoms. The van der Waals surface area contributed by atoms with Crippen molar-refractivity contribution in [3.05, 3.63) is 119 Å². The van der Waals surface area contributed by atoms with E-state index in [-0.39, 0.29) is 5.91 Å². The number of fused-ring (bicyclic) bond motifs is 7. The Hall–Kier alpha value is -3.76. The normalized spacial score (nSPS) is 24.7. The first kappa shape index (κ1) is 23.4. The Morgan fingerprint density at radius 1 is 0.868 bits per heavy atom. The number of amides is 1. The molecule has 1 aliphatic heterocycles. The van der Waals surface area contributed by atoms with Crippen LogP contribution in [0.3, 0.4) is 0 Å². The van der Waals surface area contributed by atoms with E-state index in [2.05, 4.69) is 53.1 Å². The number of carbonyl (C=O) groups is 1.